The molecule has 23 heavy (non-hydrogen) atoms. The van der Waals surface area contributed by atoms with E-state index in [2.05, 4.69) is 5.32 Å². The minimum Gasteiger partial charge on any atom is -0.482 e. The van der Waals surface area contributed by atoms with Crippen molar-refractivity contribution in [1.29, 1.82) is 0 Å². The molecule has 120 valence electrons. The van der Waals surface area contributed by atoms with E-state index < -0.39 is 16.7 Å². The maximum Gasteiger partial charge on any atom is 0.271 e. The van der Waals surface area contributed by atoms with Gasteiger partial charge in [-0.1, -0.05) is 11.6 Å². The molecule has 2 aromatic rings. The van der Waals surface area contributed by atoms with E-state index >= 15 is 0 Å². The number of nitro groups is 1. The van der Waals surface area contributed by atoms with Gasteiger partial charge in [-0.25, -0.2) is 0 Å². The van der Waals surface area contributed by atoms with Gasteiger partial charge in [0.05, 0.1) is 15.5 Å². The first-order valence-electron chi connectivity index (χ1n) is 6.12. The van der Waals surface area contributed by atoms with E-state index in [-0.39, 0.29) is 28.6 Å². The number of anilines is 1. The summed E-state index contributed by atoms with van der Waals surface area (Å²) in [6.45, 7) is -0.381. The molecular formula is C13H10ClN3O5S. The molecule has 0 spiro atoms. The number of nitrogens with one attached hydrogen (secondary N) is 1. The summed E-state index contributed by atoms with van der Waals surface area (Å²) in [5, 5.41) is 15.0. The summed E-state index contributed by atoms with van der Waals surface area (Å²) in [4.78, 5) is 33.0. The number of hydrogen-bond acceptors (Lipinski definition) is 6. The van der Waals surface area contributed by atoms with Crippen molar-refractivity contribution in [2.75, 3.05) is 11.9 Å². The number of benzene rings is 1. The van der Waals surface area contributed by atoms with E-state index in [0.717, 1.165) is 17.4 Å². The molecule has 0 fully saturated rings. The number of nitro benzene ring substituents is 1. The quantitative estimate of drug-likeness (QED) is 0.608. The highest BCUT2D eigenvalue weighted by Gasteiger charge is 2.14. The normalized spacial score (nSPS) is 10.1. The lowest BCUT2D eigenvalue weighted by molar-refractivity contribution is -0.384. The van der Waals surface area contributed by atoms with Crippen molar-refractivity contribution < 1.29 is 19.2 Å². The fraction of sp³-hybridized carbons (Fsp3) is 0.0769. The van der Waals surface area contributed by atoms with Gasteiger partial charge < -0.3 is 15.8 Å². The number of nitrogens with two attached hydrogens (primary N) is 1. The number of carbonyl (C=O) groups excluding carboxylic acids is 2. The van der Waals surface area contributed by atoms with E-state index in [1.165, 1.54) is 18.2 Å². The molecule has 0 unspecified atom stereocenters. The van der Waals surface area contributed by atoms with Crippen LogP contribution in [0.3, 0.4) is 0 Å². The van der Waals surface area contributed by atoms with Crippen LogP contribution in [0.4, 0.5) is 10.7 Å². The Morgan fingerprint density at radius 3 is 2.74 bits per heavy atom. The number of halogens is 1. The molecule has 2 amide bonds. The SMILES string of the molecule is NC(=O)c1ccsc1NC(=O)COc1ccc([N+](=O)[O-])cc1Cl. The predicted molar refractivity (Wildman–Crippen MR) is 85.1 cm³/mol. The first-order chi connectivity index (χ1) is 10.9. The first kappa shape index (κ1) is 16.7. The van der Waals surface area contributed by atoms with Crippen molar-refractivity contribution in [3.8, 4) is 5.75 Å². The van der Waals surface area contributed by atoms with E-state index in [1.54, 1.807) is 5.38 Å². The van der Waals surface area contributed by atoms with Crippen molar-refractivity contribution in [3.05, 3.63) is 50.3 Å². The van der Waals surface area contributed by atoms with Crippen LogP contribution in [-0.2, 0) is 4.79 Å². The minimum atomic E-state index is -0.652. The molecule has 1 aromatic heterocycles. The van der Waals surface area contributed by atoms with Crippen LogP contribution in [0.25, 0.3) is 0 Å². The van der Waals surface area contributed by atoms with Crippen LogP contribution < -0.4 is 15.8 Å². The largest absolute Gasteiger partial charge is 0.482 e. The lowest BCUT2D eigenvalue weighted by Crippen LogP contribution is -2.21. The number of carbonyl (C=O) groups is 2. The second kappa shape index (κ2) is 7.07. The smallest absolute Gasteiger partial charge is 0.271 e. The predicted octanol–water partition coefficient (Wildman–Crippen LogP) is 2.43. The standard InChI is InChI=1S/C13H10ClN3O5S/c14-9-5-7(17(20)21)1-2-10(9)22-6-11(18)16-13-8(12(15)19)3-4-23-13/h1-5H,6H2,(H2,15,19)(H,16,18). The summed E-state index contributed by atoms with van der Waals surface area (Å²) < 4.78 is 5.20. The molecule has 0 bridgehead atoms. The van der Waals surface area contributed by atoms with Gasteiger partial charge in [-0.15, -0.1) is 11.3 Å². The Morgan fingerprint density at radius 2 is 2.13 bits per heavy atom. The monoisotopic (exact) mass is 355 g/mol. The Kier molecular flexibility index (Phi) is 5.14. The van der Waals surface area contributed by atoms with Crippen LogP contribution >= 0.6 is 22.9 Å². The van der Waals surface area contributed by atoms with E-state index in [9.17, 15) is 19.7 Å². The minimum absolute atomic E-state index is 0.0148. The van der Waals surface area contributed by atoms with Gasteiger partial charge in [0.2, 0.25) is 0 Å². The van der Waals surface area contributed by atoms with Crippen molar-refractivity contribution in [3.63, 3.8) is 0 Å². The zero-order valence-electron chi connectivity index (χ0n) is 11.4. The van der Waals surface area contributed by atoms with Gasteiger partial charge in [0.1, 0.15) is 10.8 Å². The van der Waals surface area contributed by atoms with E-state index in [0.29, 0.717) is 5.00 Å². The molecule has 1 heterocycles. The van der Waals surface area contributed by atoms with Crippen LogP contribution in [0.5, 0.6) is 5.75 Å². The number of nitrogens with zero attached hydrogens (tertiary/aromatic N) is 1. The van der Waals surface area contributed by atoms with Crippen molar-refractivity contribution in [2.45, 2.75) is 0 Å². The highest BCUT2D eigenvalue weighted by molar-refractivity contribution is 7.14. The Balaban J connectivity index is 1.98. The zero-order chi connectivity index (χ0) is 17.0. The van der Waals surface area contributed by atoms with Gasteiger partial charge in [0.25, 0.3) is 17.5 Å². The van der Waals surface area contributed by atoms with Gasteiger partial charge in [-0.2, -0.15) is 0 Å². The molecule has 8 nitrogen and oxygen atoms in total. The zero-order valence-corrected chi connectivity index (χ0v) is 13.0. The number of thiophene rings is 1. The van der Waals surface area contributed by atoms with Crippen LogP contribution in [0.15, 0.2) is 29.6 Å². The lowest BCUT2D eigenvalue weighted by Gasteiger charge is -2.08. The van der Waals surface area contributed by atoms with E-state index in [1.807, 2.05) is 0 Å². The van der Waals surface area contributed by atoms with Crippen LogP contribution in [0, 0.1) is 10.1 Å². The van der Waals surface area contributed by atoms with Gasteiger partial charge in [0, 0.05) is 12.1 Å². The lowest BCUT2D eigenvalue weighted by atomic mass is 10.3. The fourth-order valence-corrected chi connectivity index (χ4v) is 2.66. The van der Waals surface area contributed by atoms with Gasteiger partial charge >= 0.3 is 0 Å². The van der Waals surface area contributed by atoms with Crippen molar-refractivity contribution in [2.24, 2.45) is 5.73 Å². The topological polar surface area (TPSA) is 125 Å². The molecule has 1 aromatic carbocycles. The van der Waals surface area contributed by atoms with Gasteiger partial charge in [-0.05, 0) is 17.5 Å². The summed E-state index contributed by atoms with van der Waals surface area (Å²) in [6.07, 6.45) is 0. The van der Waals surface area contributed by atoms with Crippen molar-refractivity contribution >= 4 is 45.4 Å². The number of rotatable bonds is 6. The molecule has 0 aliphatic carbocycles. The van der Waals surface area contributed by atoms with Crippen molar-refractivity contribution in [1.82, 2.24) is 0 Å². The van der Waals surface area contributed by atoms with Crippen LogP contribution in [0.1, 0.15) is 10.4 Å². The average Bonchev–Trinajstić information content (AvgIpc) is 2.94. The van der Waals surface area contributed by atoms with Gasteiger partial charge in [-0.3, -0.25) is 19.7 Å². The Bertz CT molecular complexity index is 777. The summed E-state index contributed by atoms with van der Waals surface area (Å²) >= 11 is 6.99. The summed E-state index contributed by atoms with van der Waals surface area (Å²) in [5.74, 6) is -1.04. The number of non-ortho nitro benzene ring substituents is 1. The molecule has 0 atom stereocenters. The third-order valence-electron chi connectivity index (χ3n) is 2.67. The Labute approximate surface area is 139 Å². The molecular weight excluding hydrogens is 346 g/mol. The number of amides is 2. The maximum atomic E-state index is 11.8. The second-order valence-corrected chi connectivity index (χ2v) is 5.56. The summed E-state index contributed by atoms with van der Waals surface area (Å²) in [7, 11) is 0. The number of ether oxygens (including phenoxy) is 1. The van der Waals surface area contributed by atoms with Gasteiger partial charge in [0.15, 0.2) is 6.61 Å². The molecule has 2 rings (SSSR count). The molecule has 0 aliphatic rings. The molecule has 0 saturated heterocycles. The van der Waals surface area contributed by atoms with E-state index in [4.69, 9.17) is 22.1 Å². The highest BCUT2D eigenvalue weighted by Crippen LogP contribution is 2.28. The van der Waals surface area contributed by atoms with Crippen LogP contribution in [0.2, 0.25) is 5.02 Å². The maximum absolute atomic E-state index is 11.8. The Morgan fingerprint density at radius 1 is 1.39 bits per heavy atom. The second-order valence-electron chi connectivity index (χ2n) is 4.24. The third kappa shape index (κ3) is 4.18. The third-order valence-corrected chi connectivity index (χ3v) is 3.79. The molecule has 0 aliphatic heterocycles. The summed E-state index contributed by atoms with van der Waals surface area (Å²) in [6, 6.07) is 5.13. The molecule has 3 N–H and O–H groups in total. The van der Waals surface area contributed by atoms with Crippen LogP contribution in [-0.4, -0.2) is 23.3 Å². The number of primary amides is 1. The molecule has 0 radical (unpaired) electrons. The fourth-order valence-electron chi connectivity index (χ4n) is 1.63. The average molecular weight is 356 g/mol. The Hall–Kier alpha value is -2.65. The molecule has 0 saturated carbocycles. The molecule has 10 heteroatoms. The number of hydrogen-bond donors (Lipinski definition) is 2. The highest BCUT2D eigenvalue weighted by atomic mass is 35.5. The first-order valence-corrected chi connectivity index (χ1v) is 7.38. The summed E-state index contributed by atoms with van der Waals surface area (Å²) in [5.41, 5.74) is 5.19.